The van der Waals surface area contributed by atoms with Crippen molar-refractivity contribution in [2.24, 2.45) is 0 Å². The summed E-state index contributed by atoms with van der Waals surface area (Å²) in [6, 6.07) is 3.77. The van der Waals surface area contributed by atoms with Gasteiger partial charge in [-0.1, -0.05) is 11.6 Å². The largest absolute Gasteiger partial charge is 0.335 e. The van der Waals surface area contributed by atoms with Gasteiger partial charge in [0.1, 0.15) is 10.7 Å². The van der Waals surface area contributed by atoms with E-state index in [2.05, 4.69) is 5.10 Å². The first-order chi connectivity index (χ1) is 7.88. The van der Waals surface area contributed by atoms with Crippen molar-refractivity contribution >= 4 is 21.8 Å². The van der Waals surface area contributed by atoms with E-state index in [1.807, 2.05) is 0 Å². The first-order valence-corrected chi connectivity index (χ1v) is 6.09. The van der Waals surface area contributed by atoms with Gasteiger partial charge in [-0.3, -0.25) is 0 Å². The van der Waals surface area contributed by atoms with E-state index < -0.39 is 20.9 Å². The molecule has 0 saturated carbocycles. The Labute approximate surface area is 101 Å². The van der Waals surface area contributed by atoms with Gasteiger partial charge in [0.2, 0.25) is 0 Å². The maximum Gasteiger partial charge on any atom is 0.335 e. The molecule has 1 heterocycles. The molecule has 17 heavy (non-hydrogen) atoms. The lowest BCUT2D eigenvalue weighted by Crippen LogP contribution is -1.95. The molecule has 0 spiro atoms. The average Bonchev–Trinajstić information content (AvgIpc) is 2.70. The van der Waals surface area contributed by atoms with Crippen molar-refractivity contribution in [3.8, 4) is 5.69 Å². The molecule has 0 unspecified atom stereocenters. The zero-order valence-electron chi connectivity index (χ0n) is 8.14. The number of nitrogens with zero attached hydrogens (tertiary/aromatic N) is 2. The third-order valence-corrected chi connectivity index (χ3v) is 3.09. The van der Waals surface area contributed by atoms with Gasteiger partial charge in [0.05, 0.1) is 23.1 Å². The molecule has 90 valence electrons. The minimum Gasteiger partial charge on any atom is -0.239 e. The van der Waals surface area contributed by atoms with Crippen LogP contribution in [0.1, 0.15) is 0 Å². The molecule has 0 radical (unpaired) electrons. The quantitative estimate of drug-likeness (QED) is 0.792. The molecular formula is C9H5ClF2N2O2S. The molecule has 2 aromatic rings. The second-order valence-electron chi connectivity index (χ2n) is 3.16. The van der Waals surface area contributed by atoms with Crippen LogP contribution in [0, 0.1) is 5.82 Å². The van der Waals surface area contributed by atoms with Crippen LogP contribution in [0.4, 0.5) is 8.28 Å². The maximum atomic E-state index is 13.1. The van der Waals surface area contributed by atoms with Gasteiger partial charge in [-0.25, -0.2) is 9.07 Å². The van der Waals surface area contributed by atoms with Crippen molar-refractivity contribution in [3.05, 3.63) is 41.4 Å². The van der Waals surface area contributed by atoms with Crippen LogP contribution in [0.2, 0.25) is 5.02 Å². The Morgan fingerprint density at radius 2 is 2.06 bits per heavy atom. The summed E-state index contributed by atoms with van der Waals surface area (Å²) in [5.74, 6) is -0.677. The molecule has 0 aliphatic rings. The van der Waals surface area contributed by atoms with E-state index in [-0.39, 0.29) is 10.7 Å². The SMILES string of the molecule is O=S(=O)(F)c1cnn(-c2ccc(Cl)c(F)c2)c1. The van der Waals surface area contributed by atoms with Gasteiger partial charge in [-0.05, 0) is 12.1 Å². The lowest BCUT2D eigenvalue weighted by molar-refractivity contribution is 0.552. The minimum absolute atomic E-state index is 0.0701. The fourth-order valence-corrected chi connectivity index (χ4v) is 1.72. The van der Waals surface area contributed by atoms with Crippen LogP contribution in [0.15, 0.2) is 35.5 Å². The summed E-state index contributed by atoms with van der Waals surface area (Å²) >= 11 is 5.49. The van der Waals surface area contributed by atoms with Crippen molar-refractivity contribution in [1.29, 1.82) is 0 Å². The highest BCUT2D eigenvalue weighted by Crippen LogP contribution is 2.19. The van der Waals surface area contributed by atoms with Crippen LogP contribution in [-0.4, -0.2) is 18.2 Å². The Kier molecular flexibility index (Phi) is 2.88. The summed E-state index contributed by atoms with van der Waals surface area (Å²) in [6.45, 7) is 0. The normalized spacial score (nSPS) is 11.7. The van der Waals surface area contributed by atoms with Crippen molar-refractivity contribution in [2.45, 2.75) is 4.90 Å². The third-order valence-electron chi connectivity index (χ3n) is 2.01. The van der Waals surface area contributed by atoms with Crippen LogP contribution in [-0.2, 0) is 10.2 Å². The standard InChI is InChI=1S/C9H5ClF2N2O2S/c10-8-2-1-6(3-9(8)11)14-5-7(4-13-14)17(12,15)16/h1-5H. The highest BCUT2D eigenvalue weighted by Gasteiger charge is 2.15. The minimum atomic E-state index is -4.81. The molecule has 1 aromatic carbocycles. The van der Waals surface area contributed by atoms with E-state index in [9.17, 15) is 16.7 Å². The lowest BCUT2D eigenvalue weighted by atomic mass is 10.3. The molecule has 1 aromatic heterocycles. The van der Waals surface area contributed by atoms with Gasteiger partial charge >= 0.3 is 10.2 Å². The number of hydrogen-bond acceptors (Lipinski definition) is 3. The summed E-state index contributed by atoms with van der Waals surface area (Å²) in [5.41, 5.74) is 0.238. The molecule has 0 atom stereocenters. The highest BCUT2D eigenvalue weighted by molar-refractivity contribution is 7.86. The van der Waals surface area contributed by atoms with Crippen LogP contribution in [0.3, 0.4) is 0 Å². The number of hydrogen-bond donors (Lipinski definition) is 0. The fourth-order valence-electron chi connectivity index (χ4n) is 1.20. The molecule has 8 heteroatoms. The fraction of sp³-hybridized carbons (Fsp3) is 0. The molecule has 0 aliphatic heterocycles. The molecular weight excluding hydrogens is 274 g/mol. The van der Waals surface area contributed by atoms with Crippen molar-refractivity contribution in [3.63, 3.8) is 0 Å². The smallest absolute Gasteiger partial charge is 0.239 e. The van der Waals surface area contributed by atoms with Gasteiger partial charge in [0, 0.05) is 6.07 Å². The summed E-state index contributed by atoms with van der Waals surface area (Å²) in [5, 5.41) is 3.54. The monoisotopic (exact) mass is 278 g/mol. The Hall–Kier alpha value is -1.47. The Morgan fingerprint density at radius 1 is 1.35 bits per heavy atom. The molecule has 4 nitrogen and oxygen atoms in total. The second-order valence-corrected chi connectivity index (χ2v) is 4.91. The predicted molar refractivity (Wildman–Crippen MR) is 56.8 cm³/mol. The summed E-state index contributed by atoms with van der Waals surface area (Å²) < 4.78 is 48.0. The first kappa shape index (κ1) is 12.0. The summed E-state index contributed by atoms with van der Waals surface area (Å²) in [7, 11) is -4.81. The Balaban J connectivity index is 2.47. The van der Waals surface area contributed by atoms with Crippen LogP contribution >= 0.6 is 11.6 Å². The molecule has 0 bridgehead atoms. The van der Waals surface area contributed by atoms with Crippen LogP contribution in [0.5, 0.6) is 0 Å². The van der Waals surface area contributed by atoms with E-state index in [0.717, 1.165) is 23.1 Å². The average molecular weight is 279 g/mol. The molecule has 0 fully saturated rings. The number of rotatable bonds is 2. The molecule has 0 amide bonds. The van der Waals surface area contributed by atoms with Crippen LogP contribution in [0.25, 0.3) is 5.69 Å². The van der Waals surface area contributed by atoms with E-state index in [4.69, 9.17) is 11.6 Å². The third kappa shape index (κ3) is 2.45. The Bertz CT molecular complexity index is 669. The zero-order chi connectivity index (χ0) is 12.6. The van der Waals surface area contributed by atoms with Crippen molar-refractivity contribution in [2.75, 3.05) is 0 Å². The summed E-state index contributed by atoms with van der Waals surface area (Å²) in [4.78, 5) is -0.590. The molecule has 0 aliphatic carbocycles. The van der Waals surface area contributed by atoms with E-state index in [1.54, 1.807) is 0 Å². The van der Waals surface area contributed by atoms with E-state index >= 15 is 0 Å². The van der Waals surface area contributed by atoms with Gasteiger partial charge in [0.25, 0.3) is 0 Å². The topological polar surface area (TPSA) is 52.0 Å². The Morgan fingerprint density at radius 3 is 2.59 bits per heavy atom. The molecule has 0 N–H and O–H groups in total. The van der Waals surface area contributed by atoms with Gasteiger partial charge < -0.3 is 0 Å². The number of benzene rings is 1. The lowest BCUT2D eigenvalue weighted by Gasteiger charge is -2.01. The highest BCUT2D eigenvalue weighted by atomic mass is 35.5. The zero-order valence-corrected chi connectivity index (χ0v) is 9.71. The maximum absolute atomic E-state index is 13.1. The van der Waals surface area contributed by atoms with E-state index in [1.165, 1.54) is 12.1 Å². The second kappa shape index (κ2) is 4.08. The number of aromatic nitrogens is 2. The molecule has 0 saturated heterocycles. The predicted octanol–water partition coefficient (Wildman–Crippen LogP) is 2.32. The molecule has 2 rings (SSSR count). The van der Waals surface area contributed by atoms with Gasteiger partial charge in [-0.15, -0.1) is 3.89 Å². The van der Waals surface area contributed by atoms with Crippen molar-refractivity contribution < 1.29 is 16.7 Å². The van der Waals surface area contributed by atoms with E-state index in [0.29, 0.717) is 0 Å². The van der Waals surface area contributed by atoms with Gasteiger partial charge in [-0.2, -0.15) is 13.5 Å². The summed E-state index contributed by atoms with van der Waals surface area (Å²) in [6.07, 6.45) is 1.78. The van der Waals surface area contributed by atoms with Crippen molar-refractivity contribution in [1.82, 2.24) is 9.78 Å². The van der Waals surface area contributed by atoms with Gasteiger partial charge in [0.15, 0.2) is 0 Å². The first-order valence-electron chi connectivity index (χ1n) is 4.33. The number of halogens is 3. The van der Waals surface area contributed by atoms with Crippen LogP contribution < -0.4 is 0 Å².